The number of esters is 1. The van der Waals surface area contributed by atoms with Crippen LogP contribution in [0.1, 0.15) is 66.2 Å². The van der Waals surface area contributed by atoms with Crippen LogP contribution in [0.25, 0.3) is 0 Å². The highest BCUT2D eigenvalue weighted by Crippen LogP contribution is 2.51. The van der Waals surface area contributed by atoms with Gasteiger partial charge in [0.15, 0.2) is 0 Å². The second-order valence-electron chi connectivity index (χ2n) is 6.95. The number of rotatable bonds is 6. The van der Waals surface area contributed by atoms with Crippen LogP contribution in [0.2, 0.25) is 0 Å². The number of nitrogens with two attached hydrogens (primary N) is 1. The molecule has 1 saturated carbocycles. The lowest BCUT2D eigenvalue weighted by molar-refractivity contribution is 0.0525. The fourth-order valence-electron chi connectivity index (χ4n) is 3.93. The molecule has 0 spiro atoms. The predicted octanol–water partition coefficient (Wildman–Crippen LogP) is 4.09. The summed E-state index contributed by atoms with van der Waals surface area (Å²) in [7, 11) is 0. The fraction of sp³-hybridized carbons (Fsp3) is 0.667. The first-order valence-electron chi connectivity index (χ1n) is 8.52. The molecular formula is C18H24N2O2S. The van der Waals surface area contributed by atoms with Crippen molar-refractivity contribution in [3.63, 3.8) is 0 Å². The van der Waals surface area contributed by atoms with Crippen LogP contribution in [0.4, 0.5) is 5.00 Å². The first-order valence-corrected chi connectivity index (χ1v) is 9.34. The third kappa shape index (κ3) is 3.37. The van der Waals surface area contributed by atoms with Gasteiger partial charge in [-0.1, -0.05) is 12.8 Å². The summed E-state index contributed by atoms with van der Waals surface area (Å²) in [5, 5.41) is 9.60. The first kappa shape index (κ1) is 16.3. The average molecular weight is 332 g/mol. The Balaban J connectivity index is 1.85. The summed E-state index contributed by atoms with van der Waals surface area (Å²) in [6.07, 6.45) is 8.38. The van der Waals surface area contributed by atoms with Crippen LogP contribution >= 0.6 is 11.3 Å². The zero-order valence-corrected chi connectivity index (χ0v) is 14.5. The Kier molecular flexibility index (Phi) is 4.63. The normalized spacial score (nSPS) is 23.1. The molecule has 0 saturated heterocycles. The van der Waals surface area contributed by atoms with Gasteiger partial charge in [-0.25, -0.2) is 4.79 Å². The molecule has 2 aliphatic carbocycles. The van der Waals surface area contributed by atoms with E-state index in [0.717, 1.165) is 37.2 Å². The molecule has 0 amide bonds. The van der Waals surface area contributed by atoms with E-state index in [0.29, 0.717) is 23.6 Å². The van der Waals surface area contributed by atoms with Crippen LogP contribution in [0, 0.1) is 22.7 Å². The number of anilines is 1. The summed E-state index contributed by atoms with van der Waals surface area (Å²) in [5.74, 6) is 0.561. The molecule has 2 N–H and O–H groups in total. The molecule has 1 heterocycles. The Morgan fingerprint density at radius 3 is 2.96 bits per heavy atom. The highest BCUT2D eigenvalue weighted by Gasteiger charge is 2.41. The monoisotopic (exact) mass is 332 g/mol. The van der Waals surface area contributed by atoms with Crippen LogP contribution < -0.4 is 5.73 Å². The van der Waals surface area contributed by atoms with Crippen LogP contribution in [0.15, 0.2) is 0 Å². The van der Waals surface area contributed by atoms with E-state index in [1.807, 2.05) is 6.92 Å². The largest absolute Gasteiger partial charge is 0.462 e. The molecule has 0 bridgehead atoms. The van der Waals surface area contributed by atoms with Crippen LogP contribution in [0.3, 0.4) is 0 Å². The van der Waals surface area contributed by atoms with Gasteiger partial charge >= 0.3 is 5.97 Å². The van der Waals surface area contributed by atoms with Crippen molar-refractivity contribution < 1.29 is 9.53 Å². The first-order chi connectivity index (χ1) is 11.1. The van der Waals surface area contributed by atoms with E-state index < -0.39 is 0 Å². The number of thiophene rings is 1. The summed E-state index contributed by atoms with van der Waals surface area (Å²) in [5.41, 5.74) is 8.06. The predicted molar refractivity (Wildman–Crippen MR) is 91.3 cm³/mol. The highest BCUT2D eigenvalue weighted by molar-refractivity contribution is 7.16. The molecule has 2 aliphatic rings. The van der Waals surface area contributed by atoms with Gasteiger partial charge in [0.05, 0.1) is 18.2 Å². The summed E-state index contributed by atoms with van der Waals surface area (Å²) in [4.78, 5) is 13.4. The van der Waals surface area contributed by atoms with E-state index in [1.54, 1.807) is 11.3 Å². The summed E-state index contributed by atoms with van der Waals surface area (Å²) in [6.45, 7) is 2.19. The van der Waals surface area contributed by atoms with Crippen LogP contribution in [-0.2, 0) is 17.6 Å². The van der Waals surface area contributed by atoms with Gasteiger partial charge in [0.1, 0.15) is 5.00 Å². The van der Waals surface area contributed by atoms with Gasteiger partial charge < -0.3 is 10.5 Å². The summed E-state index contributed by atoms with van der Waals surface area (Å²) >= 11 is 1.55. The van der Waals surface area contributed by atoms with Gasteiger partial charge in [0.25, 0.3) is 0 Å². The van der Waals surface area contributed by atoms with E-state index >= 15 is 0 Å². The van der Waals surface area contributed by atoms with E-state index in [4.69, 9.17) is 15.7 Å². The topological polar surface area (TPSA) is 76.1 Å². The number of fused-ring (bicyclic) bond motifs is 1. The molecule has 23 heavy (non-hydrogen) atoms. The van der Waals surface area contributed by atoms with Crippen molar-refractivity contribution in [2.45, 2.75) is 58.3 Å². The molecule has 3 rings (SSSR count). The third-order valence-corrected chi connectivity index (χ3v) is 6.29. The summed E-state index contributed by atoms with van der Waals surface area (Å²) in [6, 6.07) is 2.31. The van der Waals surface area contributed by atoms with Gasteiger partial charge in [-0.05, 0) is 55.9 Å². The van der Waals surface area contributed by atoms with E-state index in [1.165, 1.54) is 24.1 Å². The smallest absolute Gasteiger partial charge is 0.341 e. The molecule has 1 aromatic rings. The minimum absolute atomic E-state index is 0.229. The maximum atomic E-state index is 12.2. The van der Waals surface area contributed by atoms with Crippen molar-refractivity contribution in [2.24, 2.45) is 11.3 Å². The minimum Gasteiger partial charge on any atom is -0.462 e. The molecule has 5 heteroatoms. The molecule has 1 aromatic heterocycles. The summed E-state index contributed by atoms with van der Waals surface area (Å²) < 4.78 is 5.17. The van der Waals surface area contributed by atoms with Gasteiger partial charge in [-0.3, -0.25) is 0 Å². The van der Waals surface area contributed by atoms with Gasteiger partial charge in [0, 0.05) is 11.3 Å². The molecule has 0 radical (unpaired) electrons. The lowest BCUT2D eigenvalue weighted by atomic mass is 9.68. The highest BCUT2D eigenvalue weighted by atomic mass is 32.1. The number of nitrogen functional groups attached to an aromatic ring is 1. The van der Waals surface area contributed by atoms with Crippen molar-refractivity contribution in [2.75, 3.05) is 12.3 Å². The zero-order chi connectivity index (χ0) is 16.4. The fourth-order valence-corrected chi connectivity index (χ4v) is 5.21. The Morgan fingerprint density at radius 2 is 2.30 bits per heavy atom. The molecule has 4 nitrogen and oxygen atoms in total. The second-order valence-corrected chi connectivity index (χ2v) is 8.08. The van der Waals surface area contributed by atoms with Crippen molar-refractivity contribution in [1.82, 2.24) is 0 Å². The van der Waals surface area contributed by atoms with E-state index in [9.17, 15) is 4.79 Å². The maximum absolute atomic E-state index is 12.2. The van der Waals surface area contributed by atoms with Crippen molar-refractivity contribution in [3.8, 4) is 6.07 Å². The lowest BCUT2D eigenvalue weighted by Crippen LogP contribution is -2.29. The number of hydrogen-bond donors (Lipinski definition) is 1. The standard InChI is InChI=1S/C18H24N2O2S/c1-2-22-17(21)15-13-6-8-18(7-3-9-19,10-12-4-5-12)11-14(13)23-16(15)20/h12H,2-8,10-11,20H2,1H3. The molecule has 1 atom stereocenters. The molecule has 1 unspecified atom stereocenters. The van der Waals surface area contributed by atoms with Crippen LogP contribution in [0.5, 0.6) is 0 Å². The lowest BCUT2D eigenvalue weighted by Gasteiger charge is -2.37. The number of ether oxygens (including phenoxy) is 1. The molecular weight excluding hydrogens is 308 g/mol. The number of carbonyl (C=O) groups excluding carboxylic acids is 1. The maximum Gasteiger partial charge on any atom is 0.341 e. The molecule has 1 fully saturated rings. The molecule has 0 aliphatic heterocycles. The number of nitriles is 1. The van der Waals surface area contributed by atoms with E-state index in [2.05, 4.69) is 6.07 Å². The van der Waals surface area contributed by atoms with Crippen molar-refractivity contribution >= 4 is 22.3 Å². The van der Waals surface area contributed by atoms with Gasteiger partial charge in [0.2, 0.25) is 0 Å². The Bertz CT molecular complexity index is 642. The number of carbonyl (C=O) groups is 1. The van der Waals surface area contributed by atoms with Crippen molar-refractivity contribution in [3.05, 3.63) is 16.0 Å². The minimum atomic E-state index is -0.283. The second kappa shape index (κ2) is 6.52. The quantitative estimate of drug-likeness (QED) is 0.796. The number of hydrogen-bond acceptors (Lipinski definition) is 5. The Labute approximate surface area is 141 Å². The third-order valence-electron chi connectivity index (χ3n) is 5.22. The van der Waals surface area contributed by atoms with E-state index in [-0.39, 0.29) is 11.4 Å². The Hall–Kier alpha value is -1.54. The van der Waals surface area contributed by atoms with Gasteiger partial charge in [-0.2, -0.15) is 5.26 Å². The van der Waals surface area contributed by atoms with Gasteiger partial charge in [-0.15, -0.1) is 11.3 Å². The van der Waals surface area contributed by atoms with Crippen molar-refractivity contribution in [1.29, 1.82) is 5.26 Å². The molecule has 0 aromatic carbocycles. The Morgan fingerprint density at radius 1 is 1.52 bits per heavy atom. The van der Waals surface area contributed by atoms with Crippen LogP contribution in [-0.4, -0.2) is 12.6 Å². The number of nitrogens with zero attached hydrogens (tertiary/aromatic N) is 1. The molecule has 124 valence electrons. The SMILES string of the molecule is CCOC(=O)c1c(N)sc2c1CCC(CCC#N)(CC1CC1)C2. The average Bonchev–Trinajstić information content (AvgIpc) is 3.25. The zero-order valence-electron chi connectivity index (χ0n) is 13.7.